The smallest absolute Gasteiger partial charge is 0.147 e. The number of piperidine rings is 1. The van der Waals surface area contributed by atoms with Crippen molar-refractivity contribution >= 4 is 17.4 Å². The summed E-state index contributed by atoms with van der Waals surface area (Å²) in [4.78, 5) is 6.94. The number of rotatable bonds is 5. The quantitative estimate of drug-likeness (QED) is 0.887. The maximum Gasteiger partial charge on any atom is 0.147 e. The van der Waals surface area contributed by atoms with E-state index in [2.05, 4.69) is 42.9 Å². The predicted octanol–water partition coefficient (Wildman–Crippen LogP) is 4.11. The summed E-state index contributed by atoms with van der Waals surface area (Å²) in [5.74, 6) is 2.57. The number of hydrogen-bond donors (Lipinski definition) is 1. The Morgan fingerprint density at radius 1 is 1.29 bits per heavy atom. The van der Waals surface area contributed by atoms with Gasteiger partial charge in [0, 0.05) is 31.9 Å². The van der Waals surface area contributed by atoms with Crippen LogP contribution in [0.1, 0.15) is 46.1 Å². The second-order valence-electron chi connectivity index (χ2n) is 6.75. The fourth-order valence-corrected chi connectivity index (χ4v) is 3.21. The number of hydrogen-bond acceptors (Lipinski definition) is 3. The molecule has 118 valence electrons. The highest BCUT2D eigenvalue weighted by Crippen LogP contribution is 2.30. The maximum absolute atomic E-state index is 6.45. The van der Waals surface area contributed by atoms with Crippen molar-refractivity contribution in [3.8, 4) is 0 Å². The molecule has 0 aliphatic carbocycles. The van der Waals surface area contributed by atoms with Crippen molar-refractivity contribution in [2.45, 2.75) is 53.1 Å². The Morgan fingerprint density at radius 3 is 2.48 bits per heavy atom. The summed E-state index contributed by atoms with van der Waals surface area (Å²) in [6, 6.07) is 2.52. The molecule has 1 fully saturated rings. The van der Waals surface area contributed by atoms with E-state index in [-0.39, 0.29) is 0 Å². The van der Waals surface area contributed by atoms with Gasteiger partial charge < -0.3 is 10.2 Å². The maximum atomic E-state index is 6.45. The van der Waals surface area contributed by atoms with E-state index in [4.69, 9.17) is 11.6 Å². The van der Waals surface area contributed by atoms with E-state index in [1.165, 1.54) is 12.8 Å². The van der Waals surface area contributed by atoms with Crippen molar-refractivity contribution in [1.29, 1.82) is 0 Å². The number of pyridine rings is 1. The van der Waals surface area contributed by atoms with Gasteiger partial charge in [0.15, 0.2) is 0 Å². The molecule has 0 unspecified atom stereocenters. The van der Waals surface area contributed by atoms with Crippen LogP contribution >= 0.6 is 11.6 Å². The predicted molar refractivity (Wildman–Crippen MR) is 91.0 cm³/mol. The van der Waals surface area contributed by atoms with Gasteiger partial charge >= 0.3 is 0 Å². The SMILES string of the molecule is CC(C)NCc1cnc(N2CCC(C(C)C)CC2)c(Cl)c1. The molecular weight excluding hydrogens is 282 g/mol. The Morgan fingerprint density at radius 2 is 1.95 bits per heavy atom. The van der Waals surface area contributed by atoms with Gasteiger partial charge in [0.2, 0.25) is 0 Å². The van der Waals surface area contributed by atoms with Crippen LogP contribution in [-0.4, -0.2) is 24.1 Å². The minimum absolute atomic E-state index is 0.471. The molecule has 0 amide bonds. The second kappa shape index (κ2) is 7.46. The van der Waals surface area contributed by atoms with Gasteiger partial charge in [-0.2, -0.15) is 0 Å². The van der Waals surface area contributed by atoms with Gasteiger partial charge in [0.05, 0.1) is 5.02 Å². The molecule has 1 aliphatic rings. The first-order chi connectivity index (χ1) is 9.97. The highest BCUT2D eigenvalue weighted by Gasteiger charge is 2.23. The average molecular weight is 310 g/mol. The first-order valence-electron chi connectivity index (χ1n) is 8.10. The average Bonchev–Trinajstić information content (AvgIpc) is 2.45. The summed E-state index contributed by atoms with van der Waals surface area (Å²) in [6.07, 6.45) is 4.43. The zero-order valence-electron chi connectivity index (χ0n) is 13.7. The first kappa shape index (κ1) is 16.6. The first-order valence-corrected chi connectivity index (χ1v) is 8.48. The highest BCUT2D eigenvalue weighted by molar-refractivity contribution is 6.33. The van der Waals surface area contributed by atoms with Gasteiger partial charge in [0.1, 0.15) is 5.82 Å². The summed E-state index contributed by atoms with van der Waals surface area (Å²) in [6.45, 7) is 11.9. The summed E-state index contributed by atoms with van der Waals surface area (Å²) in [5.41, 5.74) is 1.15. The molecule has 21 heavy (non-hydrogen) atoms. The number of aromatic nitrogens is 1. The Bertz CT molecular complexity index is 451. The topological polar surface area (TPSA) is 28.2 Å². The molecule has 0 atom stereocenters. The lowest BCUT2D eigenvalue weighted by molar-refractivity contribution is 0.310. The molecule has 0 saturated carbocycles. The van der Waals surface area contributed by atoms with Gasteiger partial charge in [-0.15, -0.1) is 0 Å². The van der Waals surface area contributed by atoms with Gasteiger partial charge in [-0.25, -0.2) is 4.98 Å². The molecule has 1 saturated heterocycles. The van der Waals surface area contributed by atoms with Gasteiger partial charge in [-0.1, -0.05) is 39.3 Å². The molecule has 2 heterocycles. The van der Waals surface area contributed by atoms with Crippen molar-refractivity contribution in [3.63, 3.8) is 0 Å². The van der Waals surface area contributed by atoms with Gasteiger partial charge in [-0.3, -0.25) is 0 Å². The molecule has 4 heteroatoms. The summed E-state index contributed by atoms with van der Waals surface area (Å²) in [5, 5.41) is 4.17. The Labute approximate surface area is 134 Å². The fraction of sp³-hybridized carbons (Fsp3) is 0.706. The molecule has 3 nitrogen and oxygen atoms in total. The Balaban J connectivity index is 1.98. The number of nitrogens with zero attached hydrogens (tertiary/aromatic N) is 2. The third-order valence-electron chi connectivity index (χ3n) is 4.37. The molecule has 0 radical (unpaired) electrons. The van der Waals surface area contributed by atoms with E-state index in [1.54, 1.807) is 0 Å². The van der Waals surface area contributed by atoms with Crippen LogP contribution in [0.2, 0.25) is 5.02 Å². The van der Waals surface area contributed by atoms with E-state index in [9.17, 15) is 0 Å². The molecule has 1 N–H and O–H groups in total. The Kier molecular flexibility index (Phi) is 5.88. The largest absolute Gasteiger partial charge is 0.355 e. The molecule has 1 aromatic heterocycles. The zero-order valence-corrected chi connectivity index (χ0v) is 14.5. The van der Waals surface area contributed by atoms with E-state index in [1.807, 2.05) is 12.3 Å². The van der Waals surface area contributed by atoms with Crippen LogP contribution in [0, 0.1) is 11.8 Å². The lowest BCUT2D eigenvalue weighted by Crippen LogP contribution is -2.36. The van der Waals surface area contributed by atoms with Gasteiger partial charge in [-0.05, 0) is 36.3 Å². The molecule has 0 aromatic carbocycles. The minimum atomic E-state index is 0.471. The van der Waals surface area contributed by atoms with Crippen LogP contribution in [0.3, 0.4) is 0 Å². The number of halogens is 1. The summed E-state index contributed by atoms with van der Waals surface area (Å²) >= 11 is 6.45. The van der Waals surface area contributed by atoms with E-state index < -0.39 is 0 Å². The van der Waals surface area contributed by atoms with Crippen LogP contribution in [0.4, 0.5) is 5.82 Å². The van der Waals surface area contributed by atoms with Crippen LogP contribution < -0.4 is 10.2 Å². The molecule has 1 aliphatic heterocycles. The van der Waals surface area contributed by atoms with Crippen LogP contribution in [0.25, 0.3) is 0 Å². The van der Waals surface area contributed by atoms with Crippen LogP contribution in [0.5, 0.6) is 0 Å². The lowest BCUT2D eigenvalue weighted by atomic mass is 9.87. The second-order valence-corrected chi connectivity index (χ2v) is 7.16. The monoisotopic (exact) mass is 309 g/mol. The van der Waals surface area contributed by atoms with Crippen LogP contribution in [0.15, 0.2) is 12.3 Å². The summed E-state index contributed by atoms with van der Waals surface area (Å²) < 4.78 is 0. The van der Waals surface area contributed by atoms with Crippen molar-refractivity contribution in [3.05, 3.63) is 22.8 Å². The lowest BCUT2D eigenvalue weighted by Gasteiger charge is -2.35. The molecule has 1 aromatic rings. The minimum Gasteiger partial charge on any atom is -0.355 e. The van der Waals surface area contributed by atoms with Crippen molar-refractivity contribution in [2.75, 3.05) is 18.0 Å². The van der Waals surface area contributed by atoms with E-state index in [0.29, 0.717) is 6.04 Å². The van der Waals surface area contributed by atoms with E-state index in [0.717, 1.165) is 47.9 Å². The normalized spacial score (nSPS) is 17.0. The number of nitrogens with one attached hydrogen (secondary N) is 1. The molecular formula is C17H28ClN3. The zero-order chi connectivity index (χ0) is 15.4. The third-order valence-corrected chi connectivity index (χ3v) is 4.65. The van der Waals surface area contributed by atoms with Crippen LogP contribution in [-0.2, 0) is 6.54 Å². The van der Waals surface area contributed by atoms with Gasteiger partial charge in [0.25, 0.3) is 0 Å². The van der Waals surface area contributed by atoms with E-state index >= 15 is 0 Å². The fourth-order valence-electron chi connectivity index (χ4n) is 2.90. The van der Waals surface area contributed by atoms with Crippen molar-refractivity contribution < 1.29 is 0 Å². The Hall–Kier alpha value is -0.800. The van der Waals surface area contributed by atoms with Crippen molar-refractivity contribution in [1.82, 2.24) is 10.3 Å². The highest BCUT2D eigenvalue weighted by atomic mass is 35.5. The van der Waals surface area contributed by atoms with Crippen molar-refractivity contribution in [2.24, 2.45) is 11.8 Å². The molecule has 0 spiro atoms. The summed E-state index contributed by atoms with van der Waals surface area (Å²) in [7, 11) is 0. The number of anilines is 1. The third kappa shape index (κ3) is 4.58. The molecule has 0 bridgehead atoms. The standard InChI is InChI=1S/C17H28ClN3/c1-12(2)15-5-7-21(8-6-15)17-16(18)9-14(11-20-17)10-19-13(3)4/h9,11-13,15,19H,5-8,10H2,1-4H3. The molecule has 2 rings (SSSR count).